The molecule has 0 saturated heterocycles. The van der Waals surface area contributed by atoms with Gasteiger partial charge in [0.15, 0.2) is 6.61 Å². The number of carbonyl (C=O) groups is 3. The Morgan fingerprint density at radius 3 is 2.50 bits per heavy atom. The van der Waals surface area contributed by atoms with Crippen LogP contribution in [0.25, 0.3) is 0 Å². The van der Waals surface area contributed by atoms with Gasteiger partial charge in [0.2, 0.25) is 0 Å². The first-order valence-electron chi connectivity index (χ1n) is 9.03. The van der Waals surface area contributed by atoms with Crippen LogP contribution in [0.3, 0.4) is 0 Å². The first kappa shape index (κ1) is 21.1. The van der Waals surface area contributed by atoms with Crippen LogP contribution in [-0.2, 0) is 14.3 Å². The minimum absolute atomic E-state index is 0.0933. The molecule has 2 rings (SSSR count). The van der Waals surface area contributed by atoms with Crippen LogP contribution in [-0.4, -0.2) is 30.9 Å². The molecule has 6 nitrogen and oxygen atoms in total. The van der Waals surface area contributed by atoms with Crippen LogP contribution >= 0.6 is 0 Å². The number of benzene rings is 2. The van der Waals surface area contributed by atoms with E-state index in [2.05, 4.69) is 10.6 Å². The van der Waals surface area contributed by atoms with Crippen LogP contribution in [0.15, 0.2) is 54.6 Å². The SMILES string of the molecule is CCCC(NC(=O)COC(=O)CNC(=O)c1cccc(F)c1)c1ccccc1. The lowest BCUT2D eigenvalue weighted by molar-refractivity contribution is -0.147. The molecule has 0 bridgehead atoms. The van der Waals surface area contributed by atoms with E-state index in [0.29, 0.717) is 0 Å². The highest BCUT2D eigenvalue weighted by atomic mass is 19.1. The summed E-state index contributed by atoms with van der Waals surface area (Å²) in [5, 5.41) is 5.17. The first-order valence-corrected chi connectivity index (χ1v) is 9.03. The molecular formula is C21H23FN2O4. The summed E-state index contributed by atoms with van der Waals surface area (Å²) in [6.45, 7) is 1.16. The van der Waals surface area contributed by atoms with Gasteiger partial charge in [-0.05, 0) is 30.2 Å². The molecule has 7 heteroatoms. The molecule has 0 spiro atoms. The van der Waals surface area contributed by atoms with E-state index < -0.39 is 36.8 Å². The van der Waals surface area contributed by atoms with Gasteiger partial charge in [0.25, 0.3) is 11.8 Å². The highest BCUT2D eigenvalue weighted by molar-refractivity contribution is 5.96. The average Bonchev–Trinajstić information content (AvgIpc) is 2.70. The molecule has 0 fully saturated rings. The highest BCUT2D eigenvalue weighted by Crippen LogP contribution is 2.17. The summed E-state index contributed by atoms with van der Waals surface area (Å²) in [5.74, 6) is -2.33. The maximum atomic E-state index is 13.1. The number of esters is 1. The van der Waals surface area contributed by atoms with Crippen LogP contribution in [0.4, 0.5) is 4.39 Å². The molecule has 28 heavy (non-hydrogen) atoms. The lowest BCUT2D eigenvalue weighted by atomic mass is 10.0. The molecule has 1 unspecified atom stereocenters. The highest BCUT2D eigenvalue weighted by Gasteiger charge is 2.15. The van der Waals surface area contributed by atoms with Gasteiger partial charge in [-0.3, -0.25) is 14.4 Å². The summed E-state index contributed by atoms with van der Waals surface area (Å²) in [7, 11) is 0. The molecule has 0 aromatic heterocycles. The third kappa shape index (κ3) is 6.83. The smallest absolute Gasteiger partial charge is 0.325 e. The van der Waals surface area contributed by atoms with E-state index >= 15 is 0 Å². The Hall–Kier alpha value is -3.22. The van der Waals surface area contributed by atoms with E-state index in [1.165, 1.54) is 18.2 Å². The standard InChI is InChI=1S/C21H23FN2O4/c1-2-7-18(15-8-4-3-5-9-15)24-19(25)14-28-20(26)13-23-21(27)16-10-6-11-17(22)12-16/h3-6,8-12,18H,2,7,13-14H2,1H3,(H,23,27)(H,24,25). The molecule has 0 saturated carbocycles. The van der Waals surface area contributed by atoms with Crippen LogP contribution < -0.4 is 10.6 Å². The molecule has 0 heterocycles. The molecule has 0 aliphatic rings. The quantitative estimate of drug-likeness (QED) is 0.649. The van der Waals surface area contributed by atoms with Crippen molar-refractivity contribution in [1.29, 1.82) is 0 Å². The Kier molecular flexibility index (Phi) is 8.14. The van der Waals surface area contributed by atoms with Crippen LogP contribution in [0.5, 0.6) is 0 Å². The van der Waals surface area contributed by atoms with Gasteiger partial charge >= 0.3 is 5.97 Å². The van der Waals surface area contributed by atoms with E-state index in [9.17, 15) is 18.8 Å². The molecular weight excluding hydrogens is 363 g/mol. The van der Waals surface area contributed by atoms with Crippen molar-refractivity contribution in [2.75, 3.05) is 13.2 Å². The summed E-state index contributed by atoms with van der Waals surface area (Å²) < 4.78 is 18.0. The second kappa shape index (κ2) is 10.8. The number of carbonyl (C=O) groups excluding carboxylic acids is 3. The normalized spacial score (nSPS) is 11.4. The number of nitrogens with one attached hydrogen (secondary N) is 2. The minimum Gasteiger partial charge on any atom is -0.454 e. The van der Waals surface area contributed by atoms with Crippen molar-refractivity contribution in [3.05, 3.63) is 71.5 Å². The predicted octanol–water partition coefficient (Wildman–Crippen LogP) is 2.76. The molecule has 1 atom stereocenters. The van der Waals surface area contributed by atoms with Crippen LogP contribution in [0.2, 0.25) is 0 Å². The van der Waals surface area contributed by atoms with Gasteiger partial charge in [-0.2, -0.15) is 0 Å². The summed E-state index contributed by atoms with van der Waals surface area (Å²) in [5.41, 5.74) is 1.07. The lowest BCUT2D eigenvalue weighted by Crippen LogP contribution is -2.35. The maximum absolute atomic E-state index is 13.1. The minimum atomic E-state index is -0.758. The molecule has 148 valence electrons. The number of hydrogen-bond donors (Lipinski definition) is 2. The van der Waals surface area contributed by atoms with E-state index in [1.807, 2.05) is 37.3 Å². The average molecular weight is 386 g/mol. The largest absolute Gasteiger partial charge is 0.454 e. The number of rotatable bonds is 9. The number of ether oxygens (including phenoxy) is 1. The van der Waals surface area contributed by atoms with Crippen molar-refractivity contribution in [2.45, 2.75) is 25.8 Å². The van der Waals surface area contributed by atoms with Gasteiger partial charge in [0, 0.05) is 5.56 Å². The van der Waals surface area contributed by atoms with Gasteiger partial charge in [0.05, 0.1) is 6.04 Å². The third-order valence-corrected chi connectivity index (χ3v) is 3.96. The molecule has 0 radical (unpaired) electrons. The first-order chi connectivity index (χ1) is 13.5. The third-order valence-electron chi connectivity index (χ3n) is 3.96. The molecule has 2 amide bonds. The number of hydrogen-bond acceptors (Lipinski definition) is 4. The molecule has 2 N–H and O–H groups in total. The van der Waals surface area contributed by atoms with Gasteiger partial charge in [-0.15, -0.1) is 0 Å². The van der Waals surface area contributed by atoms with Gasteiger partial charge < -0.3 is 15.4 Å². The van der Waals surface area contributed by atoms with Crippen molar-refractivity contribution < 1.29 is 23.5 Å². The molecule has 0 aliphatic heterocycles. The van der Waals surface area contributed by atoms with Gasteiger partial charge in [-0.1, -0.05) is 49.7 Å². The Labute approximate surface area is 163 Å². The van der Waals surface area contributed by atoms with E-state index in [4.69, 9.17) is 4.74 Å². The van der Waals surface area contributed by atoms with Gasteiger partial charge in [-0.25, -0.2) is 4.39 Å². The van der Waals surface area contributed by atoms with Crippen molar-refractivity contribution in [2.24, 2.45) is 0 Å². The number of amides is 2. The van der Waals surface area contributed by atoms with Crippen molar-refractivity contribution in [3.8, 4) is 0 Å². The number of halogens is 1. The fraction of sp³-hybridized carbons (Fsp3) is 0.286. The zero-order chi connectivity index (χ0) is 20.4. The summed E-state index contributed by atoms with van der Waals surface area (Å²) in [6, 6.07) is 14.5. The Bertz CT molecular complexity index is 811. The van der Waals surface area contributed by atoms with Crippen LogP contribution in [0, 0.1) is 5.82 Å². The van der Waals surface area contributed by atoms with Crippen molar-refractivity contribution >= 4 is 17.8 Å². The summed E-state index contributed by atoms with van der Waals surface area (Å²) in [4.78, 5) is 35.7. The summed E-state index contributed by atoms with van der Waals surface area (Å²) >= 11 is 0. The molecule has 2 aromatic rings. The Balaban J connectivity index is 1.76. The van der Waals surface area contributed by atoms with E-state index in [1.54, 1.807) is 0 Å². The van der Waals surface area contributed by atoms with Crippen LogP contribution in [0.1, 0.15) is 41.7 Å². The van der Waals surface area contributed by atoms with Crippen molar-refractivity contribution in [1.82, 2.24) is 10.6 Å². The Morgan fingerprint density at radius 2 is 1.82 bits per heavy atom. The van der Waals surface area contributed by atoms with Gasteiger partial charge in [0.1, 0.15) is 12.4 Å². The second-order valence-electron chi connectivity index (χ2n) is 6.17. The fourth-order valence-electron chi connectivity index (χ4n) is 2.61. The monoisotopic (exact) mass is 386 g/mol. The Morgan fingerprint density at radius 1 is 1.07 bits per heavy atom. The zero-order valence-electron chi connectivity index (χ0n) is 15.6. The van der Waals surface area contributed by atoms with E-state index in [0.717, 1.165) is 24.5 Å². The zero-order valence-corrected chi connectivity index (χ0v) is 15.6. The van der Waals surface area contributed by atoms with E-state index in [-0.39, 0.29) is 11.6 Å². The second-order valence-corrected chi connectivity index (χ2v) is 6.17. The fourth-order valence-corrected chi connectivity index (χ4v) is 2.61. The lowest BCUT2D eigenvalue weighted by Gasteiger charge is -2.18. The maximum Gasteiger partial charge on any atom is 0.325 e. The molecule has 2 aromatic carbocycles. The predicted molar refractivity (Wildman–Crippen MR) is 102 cm³/mol. The summed E-state index contributed by atoms with van der Waals surface area (Å²) in [6.07, 6.45) is 1.64. The topological polar surface area (TPSA) is 84.5 Å². The van der Waals surface area contributed by atoms with Crippen molar-refractivity contribution in [3.63, 3.8) is 0 Å². The molecule has 0 aliphatic carbocycles.